The van der Waals surface area contributed by atoms with E-state index in [0.29, 0.717) is 0 Å². The fourth-order valence-electron chi connectivity index (χ4n) is 0.919. The van der Waals surface area contributed by atoms with Crippen LogP contribution in [-0.4, -0.2) is 0 Å². The molecular weight excluding hydrogens is 192 g/mol. The first-order valence-corrected chi connectivity index (χ1v) is 6.38. The van der Waals surface area contributed by atoms with Gasteiger partial charge in [0.1, 0.15) is 0 Å². The second kappa shape index (κ2) is 19.5. The van der Waals surface area contributed by atoms with Crippen LogP contribution in [0.15, 0.2) is 48.1 Å². The van der Waals surface area contributed by atoms with Crippen molar-refractivity contribution in [2.24, 2.45) is 0 Å². The van der Waals surface area contributed by atoms with Gasteiger partial charge in [0.25, 0.3) is 0 Å². The van der Waals surface area contributed by atoms with Gasteiger partial charge >= 0.3 is 0 Å². The molecule has 0 aliphatic carbocycles. The van der Waals surface area contributed by atoms with Crippen molar-refractivity contribution in [2.45, 2.75) is 54.9 Å². The predicted octanol–water partition coefficient (Wildman–Crippen LogP) is 6.08. The van der Waals surface area contributed by atoms with E-state index in [-0.39, 0.29) is 0 Å². The number of allylic oxidation sites excluding steroid dienone is 7. The second-order valence-electron chi connectivity index (χ2n) is 2.63. The van der Waals surface area contributed by atoms with E-state index in [0.717, 1.165) is 6.42 Å². The Morgan fingerprint density at radius 1 is 1.12 bits per heavy atom. The van der Waals surface area contributed by atoms with Gasteiger partial charge in [0.15, 0.2) is 0 Å². The van der Waals surface area contributed by atoms with Crippen LogP contribution in [0.1, 0.15) is 54.9 Å². The lowest BCUT2D eigenvalue weighted by Gasteiger charge is -2.00. The smallest absolute Gasteiger partial charge is 0.0271 e. The van der Waals surface area contributed by atoms with Gasteiger partial charge in [-0.15, -0.1) is 0 Å². The highest BCUT2D eigenvalue weighted by Gasteiger charge is 1.91. The van der Waals surface area contributed by atoms with Crippen molar-refractivity contribution < 1.29 is 0 Å². The Balaban J connectivity index is -0.000000376. The molecule has 0 aromatic carbocycles. The first-order chi connectivity index (χ1) is 7.76. The maximum atomic E-state index is 3.64. The summed E-state index contributed by atoms with van der Waals surface area (Å²) in [5.41, 5.74) is 2.61. The average molecular weight is 222 g/mol. The molecule has 0 nitrogen and oxygen atoms in total. The van der Waals surface area contributed by atoms with Gasteiger partial charge in [0, 0.05) is 0 Å². The molecule has 0 saturated carbocycles. The zero-order chi connectivity index (χ0) is 13.4. The Labute approximate surface area is 103 Å². The lowest BCUT2D eigenvalue weighted by atomic mass is 10.1. The molecule has 0 heteroatoms. The van der Waals surface area contributed by atoms with E-state index in [9.17, 15) is 0 Å². The normalized spacial score (nSPS) is 11.2. The number of hydrogen-bond acceptors (Lipinski definition) is 0. The van der Waals surface area contributed by atoms with Crippen molar-refractivity contribution in [3.05, 3.63) is 48.1 Å². The van der Waals surface area contributed by atoms with Crippen LogP contribution >= 0.6 is 0 Å². The lowest BCUT2D eigenvalue weighted by Crippen LogP contribution is -1.79. The van der Waals surface area contributed by atoms with Gasteiger partial charge in [-0.2, -0.15) is 0 Å². The Kier molecular flexibility index (Phi) is 24.9. The molecule has 0 atom stereocenters. The van der Waals surface area contributed by atoms with Gasteiger partial charge in [0.05, 0.1) is 0 Å². The third kappa shape index (κ3) is 13.0. The first-order valence-electron chi connectivity index (χ1n) is 6.38. The van der Waals surface area contributed by atoms with Gasteiger partial charge in [-0.05, 0) is 31.4 Å². The highest BCUT2D eigenvalue weighted by Crippen LogP contribution is 2.11. The Hall–Kier alpha value is -1.04. The summed E-state index contributed by atoms with van der Waals surface area (Å²) in [6, 6.07) is 0. The molecule has 0 saturated heterocycles. The van der Waals surface area contributed by atoms with Crippen LogP contribution in [0.3, 0.4) is 0 Å². The fraction of sp³-hybridized carbons (Fsp3) is 0.500. The van der Waals surface area contributed by atoms with Crippen LogP contribution in [0.5, 0.6) is 0 Å². The molecule has 0 aliphatic rings. The third-order valence-corrected chi connectivity index (χ3v) is 1.72. The molecule has 0 bridgehead atoms. The van der Waals surface area contributed by atoms with E-state index in [4.69, 9.17) is 0 Å². The summed E-state index contributed by atoms with van der Waals surface area (Å²) in [6.45, 7) is 18.0. The molecule has 16 heavy (non-hydrogen) atoms. The molecule has 0 rings (SSSR count). The predicted molar refractivity (Wildman–Crippen MR) is 79.8 cm³/mol. The van der Waals surface area contributed by atoms with Crippen LogP contribution < -0.4 is 0 Å². The molecule has 0 heterocycles. The average Bonchev–Trinajstić information content (AvgIpc) is 2.38. The quantitative estimate of drug-likeness (QED) is 0.505. The Bertz CT molecular complexity index is 214. The van der Waals surface area contributed by atoms with Crippen LogP contribution in [0.4, 0.5) is 0 Å². The maximum Gasteiger partial charge on any atom is -0.0271 e. The van der Waals surface area contributed by atoms with Crippen molar-refractivity contribution in [2.75, 3.05) is 0 Å². The molecule has 0 aliphatic heterocycles. The van der Waals surface area contributed by atoms with E-state index >= 15 is 0 Å². The van der Waals surface area contributed by atoms with Gasteiger partial charge in [-0.25, -0.2) is 0 Å². The van der Waals surface area contributed by atoms with Crippen LogP contribution in [0.25, 0.3) is 0 Å². The highest BCUT2D eigenvalue weighted by atomic mass is 14.0. The van der Waals surface area contributed by atoms with Gasteiger partial charge < -0.3 is 0 Å². The maximum absolute atomic E-state index is 3.64. The summed E-state index contributed by atoms with van der Waals surface area (Å²) in [4.78, 5) is 0. The standard InChI is InChI=1S/C12H18.2C2H6/c1-5-8-10-12(9-6-2)11(4)7-3;2*1-2/h5,7-10H,1,6H2,2-4H3;2*1-2H3/b10-8-,11-7-,12-9-;;. The number of rotatable bonds is 4. The van der Waals surface area contributed by atoms with Gasteiger partial charge in [0.2, 0.25) is 0 Å². The topological polar surface area (TPSA) is 0 Å². The summed E-state index contributed by atoms with van der Waals surface area (Å²) < 4.78 is 0. The van der Waals surface area contributed by atoms with Crippen molar-refractivity contribution in [3.63, 3.8) is 0 Å². The minimum absolute atomic E-state index is 1.07. The Morgan fingerprint density at radius 2 is 1.62 bits per heavy atom. The summed E-state index contributed by atoms with van der Waals surface area (Å²) in [7, 11) is 0. The first kappa shape index (κ1) is 20.4. The molecule has 0 radical (unpaired) electrons. The molecule has 94 valence electrons. The summed E-state index contributed by atoms with van der Waals surface area (Å²) in [5, 5.41) is 0. The minimum Gasteiger partial charge on any atom is -0.0991 e. The van der Waals surface area contributed by atoms with E-state index in [2.05, 4.69) is 45.6 Å². The van der Waals surface area contributed by atoms with E-state index in [1.165, 1.54) is 11.1 Å². The third-order valence-electron chi connectivity index (χ3n) is 1.72. The second-order valence-corrected chi connectivity index (χ2v) is 2.63. The molecule has 0 aromatic rings. The largest absolute Gasteiger partial charge is 0.0991 e. The summed E-state index contributed by atoms with van der Waals surface area (Å²) >= 11 is 0. The minimum atomic E-state index is 1.07. The zero-order valence-corrected chi connectivity index (χ0v) is 12.3. The molecule has 0 aromatic heterocycles. The fourth-order valence-corrected chi connectivity index (χ4v) is 0.919. The summed E-state index contributed by atoms with van der Waals surface area (Å²) in [6.07, 6.45) is 11.3. The van der Waals surface area contributed by atoms with Crippen LogP contribution in [0.2, 0.25) is 0 Å². The highest BCUT2D eigenvalue weighted by molar-refractivity contribution is 5.38. The Morgan fingerprint density at radius 3 is 1.94 bits per heavy atom. The van der Waals surface area contributed by atoms with Crippen molar-refractivity contribution in [1.82, 2.24) is 0 Å². The van der Waals surface area contributed by atoms with Gasteiger partial charge in [-0.1, -0.05) is 71.6 Å². The van der Waals surface area contributed by atoms with Crippen molar-refractivity contribution >= 4 is 0 Å². The molecule has 0 fully saturated rings. The van der Waals surface area contributed by atoms with Crippen molar-refractivity contribution in [3.8, 4) is 0 Å². The van der Waals surface area contributed by atoms with Crippen LogP contribution in [-0.2, 0) is 0 Å². The van der Waals surface area contributed by atoms with E-state index in [1.54, 1.807) is 6.08 Å². The van der Waals surface area contributed by atoms with Crippen LogP contribution in [0, 0.1) is 0 Å². The molecule has 0 spiro atoms. The monoisotopic (exact) mass is 222 g/mol. The zero-order valence-electron chi connectivity index (χ0n) is 12.3. The SMILES string of the molecule is C=C\C=C/C(=C/CC)C(/C)=C\C.CC.CC. The summed E-state index contributed by atoms with van der Waals surface area (Å²) in [5.74, 6) is 0. The van der Waals surface area contributed by atoms with Crippen molar-refractivity contribution in [1.29, 1.82) is 0 Å². The molecular formula is C16H30. The van der Waals surface area contributed by atoms with E-state index < -0.39 is 0 Å². The molecule has 0 N–H and O–H groups in total. The molecule has 0 amide bonds. The van der Waals surface area contributed by atoms with Gasteiger partial charge in [-0.3, -0.25) is 0 Å². The van der Waals surface area contributed by atoms with E-state index in [1.807, 2.05) is 33.8 Å². The number of hydrogen-bond donors (Lipinski definition) is 0. The molecule has 0 unspecified atom stereocenters. The lowest BCUT2D eigenvalue weighted by molar-refractivity contribution is 1.19.